The molecule has 0 saturated carbocycles. The average Bonchev–Trinajstić information content (AvgIpc) is 2.22. The molecule has 0 radical (unpaired) electrons. The quantitative estimate of drug-likeness (QED) is 0.471. The van der Waals surface area contributed by atoms with Gasteiger partial charge in [-0.05, 0) is 32.3 Å². The van der Waals surface area contributed by atoms with Gasteiger partial charge in [0.15, 0.2) is 0 Å². The SMILES string of the molecule is CC/C=C\C(=N/CC)OC(CC)CC. The van der Waals surface area contributed by atoms with Crippen LogP contribution in [0.4, 0.5) is 0 Å². The summed E-state index contributed by atoms with van der Waals surface area (Å²) < 4.78 is 5.75. The first kappa shape index (κ1) is 13.2. The van der Waals surface area contributed by atoms with Gasteiger partial charge in [-0.3, -0.25) is 4.99 Å². The zero-order valence-electron chi connectivity index (χ0n) is 9.92. The molecule has 0 aliphatic carbocycles. The zero-order chi connectivity index (χ0) is 10.8. The van der Waals surface area contributed by atoms with Crippen molar-refractivity contribution in [1.82, 2.24) is 0 Å². The summed E-state index contributed by atoms with van der Waals surface area (Å²) in [6.07, 6.45) is 7.47. The normalized spacial score (nSPS) is 12.8. The lowest BCUT2D eigenvalue weighted by molar-refractivity contribution is 0.181. The number of ether oxygens (including phenoxy) is 1. The molecule has 0 N–H and O–H groups in total. The van der Waals surface area contributed by atoms with Crippen molar-refractivity contribution < 1.29 is 4.74 Å². The third-order valence-electron chi connectivity index (χ3n) is 2.01. The fourth-order valence-electron chi connectivity index (χ4n) is 1.13. The van der Waals surface area contributed by atoms with E-state index in [1.165, 1.54) is 0 Å². The molecule has 82 valence electrons. The maximum Gasteiger partial charge on any atom is 0.208 e. The van der Waals surface area contributed by atoms with Gasteiger partial charge in [0.1, 0.15) is 0 Å². The van der Waals surface area contributed by atoms with E-state index in [1.807, 2.05) is 13.0 Å². The predicted molar refractivity (Wildman–Crippen MR) is 62.9 cm³/mol. The van der Waals surface area contributed by atoms with E-state index in [1.54, 1.807) is 0 Å². The first-order valence-electron chi connectivity index (χ1n) is 5.65. The Morgan fingerprint density at radius 1 is 1.21 bits per heavy atom. The van der Waals surface area contributed by atoms with Gasteiger partial charge in [-0.15, -0.1) is 0 Å². The minimum Gasteiger partial charge on any atom is -0.475 e. The molecule has 0 amide bonds. The van der Waals surface area contributed by atoms with Crippen molar-refractivity contribution >= 4 is 5.90 Å². The zero-order valence-corrected chi connectivity index (χ0v) is 9.92. The van der Waals surface area contributed by atoms with Crippen molar-refractivity contribution in [2.24, 2.45) is 4.99 Å². The molecule has 14 heavy (non-hydrogen) atoms. The maximum absolute atomic E-state index is 5.75. The molecule has 0 bridgehead atoms. The molecule has 0 aliphatic heterocycles. The Hall–Kier alpha value is -0.790. The maximum atomic E-state index is 5.75. The molecule has 0 saturated heterocycles. The van der Waals surface area contributed by atoms with Crippen LogP contribution in [0.25, 0.3) is 0 Å². The first-order chi connectivity index (χ1) is 6.78. The van der Waals surface area contributed by atoms with Gasteiger partial charge in [-0.1, -0.05) is 26.8 Å². The first-order valence-corrected chi connectivity index (χ1v) is 5.65. The van der Waals surface area contributed by atoms with E-state index in [0.29, 0.717) is 6.10 Å². The highest BCUT2D eigenvalue weighted by Gasteiger charge is 2.05. The van der Waals surface area contributed by atoms with Crippen LogP contribution in [0, 0.1) is 0 Å². The minimum absolute atomic E-state index is 0.307. The van der Waals surface area contributed by atoms with E-state index < -0.39 is 0 Å². The van der Waals surface area contributed by atoms with E-state index in [9.17, 15) is 0 Å². The molecule has 0 aromatic carbocycles. The van der Waals surface area contributed by atoms with Gasteiger partial charge in [-0.25, -0.2) is 0 Å². The van der Waals surface area contributed by atoms with Crippen LogP contribution in [-0.2, 0) is 4.74 Å². The Bertz CT molecular complexity index is 181. The van der Waals surface area contributed by atoms with Gasteiger partial charge in [0.25, 0.3) is 0 Å². The lowest BCUT2D eigenvalue weighted by atomic mass is 10.2. The molecule has 0 aromatic rings. The molecule has 0 unspecified atom stereocenters. The summed E-state index contributed by atoms with van der Waals surface area (Å²) in [5.41, 5.74) is 0. The van der Waals surface area contributed by atoms with Crippen molar-refractivity contribution in [2.45, 2.75) is 53.1 Å². The number of allylic oxidation sites excluding steroid dienone is 1. The van der Waals surface area contributed by atoms with Gasteiger partial charge in [0.05, 0.1) is 6.10 Å². The molecule has 2 heteroatoms. The lowest BCUT2D eigenvalue weighted by Crippen LogP contribution is -2.15. The summed E-state index contributed by atoms with van der Waals surface area (Å²) in [5.74, 6) is 0.781. The Morgan fingerprint density at radius 3 is 2.29 bits per heavy atom. The van der Waals surface area contributed by atoms with Crippen LogP contribution in [0.5, 0.6) is 0 Å². The highest BCUT2D eigenvalue weighted by Crippen LogP contribution is 2.04. The van der Waals surface area contributed by atoms with Gasteiger partial charge >= 0.3 is 0 Å². The van der Waals surface area contributed by atoms with Crippen molar-refractivity contribution in [3.05, 3.63) is 12.2 Å². The number of aliphatic imine (C=N–C) groups is 1. The monoisotopic (exact) mass is 197 g/mol. The van der Waals surface area contributed by atoms with Crippen LogP contribution in [0.1, 0.15) is 47.0 Å². The van der Waals surface area contributed by atoms with Crippen molar-refractivity contribution in [2.75, 3.05) is 6.54 Å². The fraction of sp³-hybridized carbons (Fsp3) is 0.750. The summed E-state index contributed by atoms with van der Waals surface area (Å²) in [6, 6.07) is 0. The summed E-state index contributed by atoms with van der Waals surface area (Å²) in [6.45, 7) is 9.19. The molecule has 0 fully saturated rings. The Morgan fingerprint density at radius 2 is 1.86 bits per heavy atom. The van der Waals surface area contributed by atoms with Crippen molar-refractivity contribution in [3.63, 3.8) is 0 Å². The molecule has 0 heterocycles. The van der Waals surface area contributed by atoms with E-state index in [-0.39, 0.29) is 0 Å². The standard InChI is InChI=1S/C12H23NO/c1-5-9-10-12(13-8-4)14-11(6-2)7-3/h9-11H,5-8H2,1-4H3/b10-9-,13-12+. The van der Waals surface area contributed by atoms with Gasteiger partial charge in [0.2, 0.25) is 5.90 Å². The number of hydrogen-bond donors (Lipinski definition) is 0. The second kappa shape index (κ2) is 8.79. The molecular formula is C12H23NO. The average molecular weight is 197 g/mol. The number of hydrogen-bond acceptors (Lipinski definition) is 2. The van der Waals surface area contributed by atoms with Crippen LogP contribution < -0.4 is 0 Å². The Kier molecular flexibility index (Phi) is 8.30. The van der Waals surface area contributed by atoms with E-state index in [4.69, 9.17) is 4.74 Å². The van der Waals surface area contributed by atoms with Crippen molar-refractivity contribution in [3.8, 4) is 0 Å². The van der Waals surface area contributed by atoms with Crippen LogP contribution in [-0.4, -0.2) is 18.5 Å². The summed E-state index contributed by atoms with van der Waals surface area (Å²) in [4.78, 5) is 4.30. The van der Waals surface area contributed by atoms with Crippen molar-refractivity contribution in [1.29, 1.82) is 0 Å². The molecular weight excluding hydrogens is 174 g/mol. The minimum atomic E-state index is 0.307. The molecule has 0 aliphatic rings. The fourth-order valence-corrected chi connectivity index (χ4v) is 1.13. The molecule has 0 atom stereocenters. The second-order valence-electron chi connectivity index (χ2n) is 3.18. The van der Waals surface area contributed by atoms with E-state index >= 15 is 0 Å². The molecule has 2 nitrogen and oxygen atoms in total. The smallest absolute Gasteiger partial charge is 0.208 e. The highest BCUT2D eigenvalue weighted by atomic mass is 16.5. The third kappa shape index (κ3) is 5.79. The van der Waals surface area contributed by atoms with Gasteiger partial charge in [-0.2, -0.15) is 0 Å². The van der Waals surface area contributed by atoms with Crippen LogP contribution in [0.15, 0.2) is 17.1 Å². The third-order valence-corrected chi connectivity index (χ3v) is 2.01. The van der Waals surface area contributed by atoms with Gasteiger partial charge < -0.3 is 4.74 Å². The van der Waals surface area contributed by atoms with Gasteiger partial charge in [0, 0.05) is 6.54 Å². The molecule has 0 rings (SSSR count). The molecule has 0 spiro atoms. The topological polar surface area (TPSA) is 21.6 Å². The Labute approximate surface area is 88.1 Å². The summed E-state index contributed by atoms with van der Waals surface area (Å²) in [5, 5.41) is 0. The van der Waals surface area contributed by atoms with E-state index in [0.717, 1.165) is 31.7 Å². The lowest BCUT2D eigenvalue weighted by Gasteiger charge is -2.15. The van der Waals surface area contributed by atoms with Crippen LogP contribution in [0.2, 0.25) is 0 Å². The molecule has 0 aromatic heterocycles. The van der Waals surface area contributed by atoms with E-state index in [2.05, 4.69) is 31.8 Å². The predicted octanol–water partition coefficient (Wildman–Crippen LogP) is 3.58. The second-order valence-corrected chi connectivity index (χ2v) is 3.18. The van der Waals surface area contributed by atoms with Crippen LogP contribution >= 0.6 is 0 Å². The Balaban J connectivity index is 4.21. The summed E-state index contributed by atoms with van der Waals surface area (Å²) in [7, 11) is 0. The number of nitrogens with zero attached hydrogens (tertiary/aromatic N) is 1. The number of rotatable bonds is 6. The largest absolute Gasteiger partial charge is 0.475 e. The summed E-state index contributed by atoms with van der Waals surface area (Å²) >= 11 is 0. The highest BCUT2D eigenvalue weighted by molar-refractivity contribution is 5.87. The van der Waals surface area contributed by atoms with Crippen LogP contribution in [0.3, 0.4) is 0 Å².